The average molecular weight is 361 g/mol. The summed E-state index contributed by atoms with van der Waals surface area (Å²) >= 11 is 0. The van der Waals surface area contributed by atoms with Crippen molar-refractivity contribution in [2.75, 3.05) is 26.2 Å². The van der Waals surface area contributed by atoms with Gasteiger partial charge in [-0.1, -0.05) is 19.1 Å². The molecule has 1 atom stereocenters. The number of benzene rings is 1. The summed E-state index contributed by atoms with van der Waals surface area (Å²) in [6.07, 6.45) is 1.52. The molecule has 1 amide bonds. The summed E-state index contributed by atoms with van der Waals surface area (Å²) in [7, 11) is 0. The average Bonchev–Trinajstić information content (AvgIpc) is 3.10. The Bertz CT molecular complexity index is 630. The third-order valence-electron chi connectivity index (χ3n) is 4.49. The van der Waals surface area contributed by atoms with Gasteiger partial charge in [0.1, 0.15) is 5.75 Å². The Hall–Kier alpha value is -2.24. The summed E-state index contributed by atoms with van der Waals surface area (Å²) < 4.78 is 5.59. The van der Waals surface area contributed by atoms with E-state index in [0.717, 1.165) is 48.9 Å². The Morgan fingerprint density at radius 1 is 1.35 bits per heavy atom. The van der Waals surface area contributed by atoms with E-state index in [1.54, 1.807) is 0 Å². The van der Waals surface area contributed by atoms with E-state index < -0.39 is 0 Å². The van der Waals surface area contributed by atoms with Crippen LogP contribution in [0.3, 0.4) is 0 Å². The lowest BCUT2D eigenvalue weighted by Gasteiger charge is -2.18. The highest BCUT2D eigenvalue weighted by molar-refractivity contribution is 5.80. The van der Waals surface area contributed by atoms with E-state index in [9.17, 15) is 4.79 Å². The molecule has 1 unspecified atom stereocenters. The van der Waals surface area contributed by atoms with Gasteiger partial charge >= 0.3 is 0 Å². The monoisotopic (exact) mass is 360 g/mol. The molecule has 1 aliphatic rings. The van der Waals surface area contributed by atoms with Gasteiger partial charge in [0.2, 0.25) is 5.91 Å². The summed E-state index contributed by atoms with van der Waals surface area (Å²) in [6.45, 7) is 11.7. The molecule has 1 heterocycles. The summed E-state index contributed by atoms with van der Waals surface area (Å²) in [5.41, 5.74) is 2.28. The van der Waals surface area contributed by atoms with Crippen LogP contribution in [0.5, 0.6) is 5.75 Å². The van der Waals surface area contributed by atoms with Gasteiger partial charge in [0.05, 0.1) is 13.2 Å². The Kier molecular flexibility index (Phi) is 7.75. The molecule has 1 aromatic rings. The van der Waals surface area contributed by atoms with E-state index in [4.69, 9.17) is 9.73 Å². The van der Waals surface area contributed by atoms with Gasteiger partial charge < -0.3 is 20.3 Å². The summed E-state index contributed by atoms with van der Waals surface area (Å²) in [4.78, 5) is 18.5. The third-order valence-corrected chi connectivity index (χ3v) is 4.49. The topological polar surface area (TPSA) is 66.0 Å². The van der Waals surface area contributed by atoms with Crippen molar-refractivity contribution in [2.24, 2.45) is 4.99 Å². The van der Waals surface area contributed by atoms with E-state index in [0.29, 0.717) is 19.6 Å². The van der Waals surface area contributed by atoms with Crippen LogP contribution in [0.25, 0.3) is 0 Å². The number of hydrogen-bond acceptors (Lipinski definition) is 3. The van der Waals surface area contributed by atoms with Crippen LogP contribution < -0.4 is 15.4 Å². The number of aliphatic imine (C=N–C) groups is 1. The number of guanidine groups is 1. The first-order chi connectivity index (χ1) is 12.6. The van der Waals surface area contributed by atoms with Crippen molar-refractivity contribution in [3.05, 3.63) is 29.3 Å². The van der Waals surface area contributed by atoms with Crippen LogP contribution in [0.4, 0.5) is 0 Å². The van der Waals surface area contributed by atoms with Crippen molar-refractivity contribution in [3.8, 4) is 5.75 Å². The lowest BCUT2D eigenvalue weighted by molar-refractivity contribution is -0.129. The second-order valence-corrected chi connectivity index (χ2v) is 6.55. The number of hydrogen-bond donors (Lipinski definition) is 2. The van der Waals surface area contributed by atoms with Crippen LogP contribution >= 0.6 is 0 Å². The number of carbonyl (C=O) groups excluding carboxylic acids is 1. The largest absolute Gasteiger partial charge is 0.494 e. The van der Waals surface area contributed by atoms with Gasteiger partial charge in [-0.2, -0.15) is 0 Å². The number of likely N-dealkylation sites (tertiary alicyclic amines) is 1. The highest BCUT2D eigenvalue weighted by atomic mass is 16.5. The maximum Gasteiger partial charge on any atom is 0.222 e. The van der Waals surface area contributed by atoms with Crippen LogP contribution in [0.1, 0.15) is 44.7 Å². The first-order valence-corrected chi connectivity index (χ1v) is 9.62. The molecule has 2 rings (SSSR count). The maximum absolute atomic E-state index is 11.8. The van der Waals surface area contributed by atoms with Gasteiger partial charge in [-0.3, -0.25) is 4.79 Å². The Morgan fingerprint density at radius 3 is 2.81 bits per heavy atom. The van der Waals surface area contributed by atoms with Gasteiger partial charge in [-0.15, -0.1) is 0 Å². The first kappa shape index (κ1) is 20.1. The van der Waals surface area contributed by atoms with Gasteiger partial charge in [0.15, 0.2) is 5.96 Å². The van der Waals surface area contributed by atoms with Gasteiger partial charge in [-0.05, 0) is 44.4 Å². The molecule has 1 saturated heterocycles. The third kappa shape index (κ3) is 5.64. The number of nitrogens with zero attached hydrogens (tertiary/aromatic N) is 2. The minimum atomic E-state index is 0.223. The Labute approximate surface area is 157 Å². The number of aryl methyl sites for hydroxylation is 1. The molecule has 26 heavy (non-hydrogen) atoms. The molecule has 0 saturated carbocycles. The quantitative estimate of drug-likeness (QED) is 0.579. The molecule has 1 aromatic carbocycles. The van der Waals surface area contributed by atoms with E-state index in [1.165, 1.54) is 0 Å². The molecule has 144 valence electrons. The van der Waals surface area contributed by atoms with E-state index in [1.807, 2.05) is 24.8 Å². The smallest absolute Gasteiger partial charge is 0.222 e. The molecule has 0 radical (unpaired) electrons. The molecule has 0 spiro atoms. The van der Waals surface area contributed by atoms with Crippen LogP contribution in [-0.4, -0.2) is 49.0 Å². The highest BCUT2D eigenvalue weighted by Gasteiger charge is 2.25. The zero-order chi connectivity index (χ0) is 18.9. The van der Waals surface area contributed by atoms with E-state index in [-0.39, 0.29) is 11.9 Å². The lowest BCUT2D eigenvalue weighted by Crippen LogP contribution is -2.45. The standard InChI is InChI=1S/C20H32N4O2/c1-5-19(25)24-11-10-17(14-24)23-20(21-6-2)22-13-16-8-9-18(26-7-3)15(4)12-16/h8-9,12,17H,5-7,10-11,13-14H2,1-4H3,(H2,21,22,23). The molecule has 1 fully saturated rings. The first-order valence-electron chi connectivity index (χ1n) is 9.62. The molecule has 6 nitrogen and oxygen atoms in total. The fraction of sp³-hybridized carbons (Fsp3) is 0.600. The fourth-order valence-electron chi connectivity index (χ4n) is 3.14. The van der Waals surface area contributed by atoms with Crippen LogP contribution in [0.2, 0.25) is 0 Å². The number of carbonyl (C=O) groups is 1. The number of nitrogens with one attached hydrogen (secondary N) is 2. The fourth-order valence-corrected chi connectivity index (χ4v) is 3.14. The predicted molar refractivity (Wildman–Crippen MR) is 106 cm³/mol. The lowest BCUT2D eigenvalue weighted by atomic mass is 10.1. The van der Waals surface area contributed by atoms with Crippen LogP contribution in [-0.2, 0) is 11.3 Å². The van der Waals surface area contributed by atoms with Crippen molar-refractivity contribution in [1.29, 1.82) is 0 Å². The maximum atomic E-state index is 11.8. The zero-order valence-electron chi connectivity index (χ0n) is 16.5. The minimum Gasteiger partial charge on any atom is -0.494 e. The normalized spacial score (nSPS) is 17.3. The van der Waals surface area contributed by atoms with Crippen molar-refractivity contribution in [3.63, 3.8) is 0 Å². The zero-order valence-corrected chi connectivity index (χ0v) is 16.5. The number of amides is 1. The van der Waals surface area contributed by atoms with E-state index >= 15 is 0 Å². The molecule has 0 bridgehead atoms. The summed E-state index contributed by atoms with van der Waals surface area (Å²) in [5.74, 6) is 1.95. The van der Waals surface area contributed by atoms with E-state index in [2.05, 4.69) is 36.6 Å². The van der Waals surface area contributed by atoms with Gasteiger partial charge in [0.25, 0.3) is 0 Å². The molecule has 2 N–H and O–H groups in total. The van der Waals surface area contributed by atoms with Crippen LogP contribution in [0, 0.1) is 6.92 Å². The van der Waals surface area contributed by atoms with Gasteiger partial charge in [0, 0.05) is 32.1 Å². The SMILES string of the molecule is CCNC(=NCc1ccc(OCC)c(C)c1)NC1CCN(C(=O)CC)C1. The summed E-state index contributed by atoms with van der Waals surface area (Å²) in [5, 5.41) is 6.76. The molecule has 0 aromatic heterocycles. The second kappa shape index (κ2) is 10.0. The predicted octanol–water partition coefficient (Wildman–Crippen LogP) is 2.46. The van der Waals surface area contributed by atoms with Crippen molar-refractivity contribution >= 4 is 11.9 Å². The molecule has 1 aliphatic heterocycles. The van der Waals surface area contributed by atoms with Crippen LogP contribution in [0.15, 0.2) is 23.2 Å². The molecule has 6 heteroatoms. The van der Waals surface area contributed by atoms with Crippen molar-refractivity contribution < 1.29 is 9.53 Å². The highest BCUT2D eigenvalue weighted by Crippen LogP contribution is 2.19. The summed E-state index contributed by atoms with van der Waals surface area (Å²) in [6, 6.07) is 6.44. The Balaban J connectivity index is 1.96. The molecular weight excluding hydrogens is 328 g/mol. The second-order valence-electron chi connectivity index (χ2n) is 6.55. The Morgan fingerprint density at radius 2 is 2.15 bits per heavy atom. The molecule has 0 aliphatic carbocycles. The van der Waals surface area contributed by atoms with Gasteiger partial charge in [-0.25, -0.2) is 4.99 Å². The van der Waals surface area contributed by atoms with Crippen molar-refractivity contribution in [1.82, 2.24) is 15.5 Å². The minimum absolute atomic E-state index is 0.223. The molecular formula is C20H32N4O2. The van der Waals surface area contributed by atoms with Crippen molar-refractivity contribution in [2.45, 2.75) is 53.1 Å². The number of ether oxygens (including phenoxy) is 1. The number of rotatable bonds is 7.